The van der Waals surface area contributed by atoms with Crippen LogP contribution in [0.1, 0.15) is 13.8 Å². The van der Waals surface area contributed by atoms with E-state index in [0.29, 0.717) is 17.3 Å². The van der Waals surface area contributed by atoms with Crippen molar-refractivity contribution in [3.8, 4) is 6.07 Å². The fourth-order valence-corrected chi connectivity index (χ4v) is 1.74. The van der Waals surface area contributed by atoms with Crippen molar-refractivity contribution in [1.82, 2.24) is 0 Å². The normalized spacial score (nSPS) is 11.9. The van der Waals surface area contributed by atoms with Gasteiger partial charge in [0, 0.05) is 13.1 Å². The summed E-state index contributed by atoms with van der Waals surface area (Å²) in [6, 6.07) is 7.78. The Morgan fingerprint density at radius 3 is 2.81 bits per heavy atom. The van der Waals surface area contributed by atoms with Crippen molar-refractivity contribution in [2.24, 2.45) is 5.92 Å². The average molecular weight is 238 g/mol. The van der Waals surface area contributed by atoms with Crippen LogP contribution in [-0.2, 0) is 0 Å². The van der Waals surface area contributed by atoms with Gasteiger partial charge in [0.05, 0.1) is 28.4 Å². The Morgan fingerprint density at radius 2 is 2.25 bits per heavy atom. The average Bonchev–Trinajstić information content (AvgIpc) is 2.29. The fourth-order valence-electron chi connectivity index (χ4n) is 1.57. The number of halogens is 1. The highest BCUT2D eigenvalue weighted by molar-refractivity contribution is 6.33. The van der Waals surface area contributed by atoms with E-state index in [1.54, 1.807) is 6.07 Å². The number of hydrogen-bond donors (Lipinski definition) is 1. The Balaban J connectivity index is 2.96. The molecule has 16 heavy (non-hydrogen) atoms. The number of benzene rings is 1. The van der Waals surface area contributed by atoms with Gasteiger partial charge >= 0.3 is 0 Å². The molecule has 1 atom stereocenters. The Kier molecular flexibility index (Phi) is 4.45. The Hall–Kier alpha value is -1.40. The third-order valence-electron chi connectivity index (χ3n) is 2.47. The Bertz CT molecular complexity index is 398. The molecule has 0 spiro atoms. The van der Waals surface area contributed by atoms with E-state index in [1.807, 2.05) is 26.0 Å². The molecule has 1 aromatic carbocycles. The van der Waals surface area contributed by atoms with Gasteiger partial charge in [-0.15, -0.1) is 0 Å². The van der Waals surface area contributed by atoms with Gasteiger partial charge in [-0.3, -0.25) is 0 Å². The summed E-state index contributed by atoms with van der Waals surface area (Å²) in [5, 5.41) is 9.37. The molecule has 1 unspecified atom stereocenters. The Labute approximate surface area is 101 Å². The molecule has 1 aromatic rings. The van der Waals surface area contributed by atoms with E-state index in [2.05, 4.69) is 11.0 Å². The first kappa shape index (κ1) is 12.7. The zero-order chi connectivity index (χ0) is 12.1. The molecule has 86 valence electrons. The van der Waals surface area contributed by atoms with Crippen molar-refractivity contribution < 1.29 is 0 Å². The first-order valence-corrected chi connectivity index (χ1v) is 5.66. The maximum absolute atomic E-state index is 8.82. The van der Waals surface area contributed by atoms with Crippen LogP contribution in [0, 0.1) is 17.2 Å². The minimum atomic E-state index is -0.0293. The molecule has 0 saturated heterocycles. The molecule has 0 aliphatic heterocycles. The van der Waals surface area contributed by atoms with Crippen molar-refractivity contribution in [3.63, 3.8) is 0 Å². The maximum Gasteiger partial charge on any atom is 0.0741 e. The molecule has 1 rings (SSSR count). The van der Waals surface area contributed by atoms with E-state index < -0.39 is 0 Å². The van der Waals surface area contributed by atoms with Crippen LogP contribution < -0.4 is 10.6 Å². The van der Waals surface area contributed by atoms with Gasteiger partial charge in [0.25, 0.3) is 0 Å². The van der Waals surface area contributed by atoms with Gasteiger partial charge in [0.2, 0.25) is 0 Å². The van der Waals surface area contributed by atoms with Crippen LogP contribution in [0.4, 0.5) is 11.4 Å². The molecule has 0 heterocycles. The SMILES string of the molecule is CCN(CC(C)C#N)c1cccc(Cl)c1N. The molecule has 0 fully saturated rings. The molecule has 0 bridgehead atoms. The van der Waals surface area contributed by atoms with Crippen LogP contribution in [0.25, 0.3) is 0 Å². The topological polar surface area (TPSA) is 53.0 Å². The van der Waals surface area contributed by atoms with E-state index in [9.17, 15) is 0 Å². The number of nitrogens with zero attached hydrogens (tertiary/aromatic N) is 2. The number of rotatable bonds is 4. The van der Waals surface area contributed by atoms with Crippen LogP contribution in [0.5, 0.6) is 0 Å². The van der Waals surface area contributed by atoms with Crippen molar-refractivity contribution >= 4 is 23.0 Å². The number of anilines is 2. The lowest BCUT2D eigenvalue weighted by atomic mass is 10.1. The van der Waals surface area contributed by atoms with Crippen LogP contribution in [0.3, 0.4) is 0 Å². The van der Waals surface area contributed by atoms with Crippen LogP contribution in [-0.4, -0.2) is 13.1 Å². The molecule has 0 amide bonds. The van der Waals surface area contributed by atoms with Gasteiger partial charge in [-0.1, -0.05) is 17.7 Å². The lowest BCUT2D eigenvalue weighted by Crippen LogP contribution is -2.28. The molecule has 0 saturated carbocycles. The summed E-state index contributed by atoms with van der Waals surface area (Å²) in [6.07, 6.45) is 0. The van der Waals surface area contributed by atoms with Crippen LogP contribution in [0.2, 0.25) is 5.02 Å². The summed E-state index contributed by atoms with van der Waals surface area (Å²) in [7, 11) is 0. The Morgan fingerprint density at radius 1 is 1.56 bits per heavy atom. The lowest BCUT2D eigenvalue weighted by Gasteiger charge is -2.25. The number of hydrogen-bond acceptors (Lipinski definition) is 3. The molecule has 0 aliphatic carbocycles. The monoisotopic (exact) mass is 237 g/mol. The highest BCUT2D eigenvalue weighted by Crippen LogP contribution is 2.30. The van der Waals surface area contributed by atoms with Gasteiger partial charge in [-0.25, -0.2) is 0 Å². The molecule has 0 aromatic heterocycles. The minimum absolute atomic E-state index is 0.0293. The summed E-state index contributed by atoms with van der Waals surface area (Å²) < 4.78 is 0. The molecular formula is C12H16ClN3. The third kappa shape index (κ3) is 2.80. The lowest BCUT2D eigenvalue weighted by molar-refractivity contribution is 0.687. The molecular weight excluding hydrogens is 222 g/mol. The predicted octanol–water partition coefficient (Wildman–Crippen LogP) is 2.91. The second-order valence-corrected chi connectivity index (χ2v) is 4.15. The van der Waals surface area contributed by atoms with E-state index in [-0.39, 0.29) is 5.92 Å². The molecule has 2 N–H and O–H groups in total. The second-order valence-electron chi connectivity index (χ2n) is 3.74. The molecule has 3 nitrogen and oxygen atoms in total. The highest BCUT2D eigenvalue weighted by atomic mass is 35.5. The molecule has 0 radical (unpaired) electrons. The predicted molar refractivity (Wildman–Crippen MR) is 68.5 cm³/mol. The highest BCUT2D eigenvalue weighted by Gasteiger charge is 2.12. The van der Waals surface area contributed by atoms with Crippen molar-refractivity contribution in [1.29, 1.82) is 5.26 Å². The van der Waals surface area contributed by atoms with Crippen molar-refractivity contribution in [2.75, 3.05) is 23.7 Å². The summed E-state index contributed by atoms with van der Waals surface area (Å²) >= 11 is 5.97. The summed E-state index contributed by atoms with van der Waals surface area (Å²) in [4.78, 5) is 2.06. The fraction of sp³-hybridized carbons (Fsp3) is 0.417. The van der Waals surface area contributed by atoms with Gasteiger partial charge < -0.3 is 10.6 Å². The first-order valence-electron chi connectivity index (χ1n) is 5.28. The summed E-state index contributed by atoms with van der Waals surface area (Å²) in [6.45, 7) is 5.39. The van der Waals surface area contributed by atoms with Gasteiger partial charge in [-0.2, -0.15) is 5.26 Å². The van der Waals surface area contributed by atoms with Gasteiger partial charge in [-0.05, 0) is 26.0 Å². The summed E-state index contributed by atoms with van der Waals surface area (Å²) in [5.41, 5.74) is 7.40. The quantitative estimate of drug-likeness (QED) is 0.820. The standard InChI is InChI=1S/C12H16ClN3/c1-3-16(8-9(2)7-14)11-6-4-5-10(13)12(11)15/h4-6,9H,3,8,15H2,1-2H3. The van der Waals surface area contributed by atoms with E-state index in [0.717, 1.165) is 12.2 Å². The van der Waals surface area contributed by atoms with Crippen LogP contribution in [0.15, 0.2) is 18.2 Å². The smallest absolute Gasteiger partial charge is 0.0741 e. The van der Waals surface area contributed by atoms with Gasteiger partial charge in [0.1, 0.15) is 0 Å². The minimum Gasteiger partial charge on any atom is -0.396 e. The van der Waals surface area contributed by atoms with E-state index in [4.69, 9.17) is 22.6 Å². The first-order chi connectivity index (χ1) is 7.60. The maximum atomic E-state index is 8.82. The molecule has 4 heteroatoms. The number of nitriles is 1. The second kappa shape index (κ2) is 5.62. The number of nitrogen functional groups attached to an aromatic ring is 1. The van der Waals surface area contributed by atoms with E-state index >= 15 is 0 Å². The van der Waals surface area contributed by atoms with Crippen LogP contribution >= 0.6 is 11.6 Å². The molecule has 0 aliphatic rings. The van der Waals surface area contributed by atoms with Crippen molar-refractivity contribution in [3.05, 3.63) is 23.2 Å². The number of para-hydroxylation sites is 1. The largest absolute Gasteiger partial charge is 0.396 e. The number of nitrogens with two attached hydrogens (primary N) is 1. The van der Waals surface area contributed by atoms with Gasteiger partial charge in [0.15, 0.2) is 0 Å². The summed E-state index contributed by atoms with van der Waals surface area (Å²) in [5.74, 6) is -0.0293. The zero-order valence-corrected chi connectivity index (χ0v) is 10.3. The third-order valence-corrected chi connectivity index (χ3v) is 2.80. The van der Waals surface area contributed by atoms with Crippen molar-refractivity contribution in [2.45, 2.75) is 13.8 Å². The van der Waals surface area contributed by atoms with E-state index in [1.165, 1.54) is 0 Å². The zero-order valence-electron chi connectivity index (χ0n) is 9.57.